The number of rotatable bonds is 7. The van der Waals surface area contributed by atoms with Crippen molar-refractivity contribution in [1.29, 1.82) is 0 Å². The first kappa shape index (κ1) is 21.7. The fourth-order valence-electron chi connectivity index (χ4n) is 3.08. The monoisotopic (exact) mass is 436 g/mol. The molecule has 1 aliphatic rings. The summed E-state index contributed by atoms with van der Waals surface area (Å²) in [5.41, 5.74) is 0.826. The highest BCUT2D eigenvalue weighted by Crippen LogP contribution is 2.26. The number of fused-ring (bicyclic) bond motifs is 1. The van der Waals surface area contributed by atoms with E-state index in [4.69, 9.17) is 0 Å². The van der Waals surface area contributed by atoms with Crippen LogP contribution in [-0.4, -0.2) is 75.1 Å². The summed E-state index contributed by atoms with van der Waals surface area (Å²) in [6.45, 7) is 4.15. The second kappa shape index (κ2) is 8.38. The number of hydrogen-bond acceptors (Lipinski definition) is 8. The fraction of sp³-hybridized carbons (Fsp3) is 0.667. The maximum Gasteiger partial charge on any atom is 0.416 e. The molecule has 14 heteroatoms. The lowest BCUT2D eigenvalue weighted by Crippen LogP contribution is -2.42. The topological polar surface area (TPSA) is 131 Å². The van der Waals surface area contributed by atoms with Gasteiger partial charge in [-0.05, 0) is 20.3 Å². The largest absolute Gasteiger partial charge is 0.760 e. The zero-order valence-electron chi connectivity index (χ0n) is 15.7. The van der Waals surface area contributed by atoms with Crippen LogP contribution < -0.4 is 10.6 Å². The molecule has 0 aromatic carbocycles. The molecule has 2 aromatic heterocycles. The van der Waals surface area contributed by atoms with Gasteiger partial charge in [0.2, 0.25) is 5.95 Å². The number of nitrogens with zero attached hydrogens (tertiary/aromatic N) is 5. The van der Waals surface area contributed by atoms with Gasteiger partial charge in [-0.15, -0.1) is 0 Å². The van der Waals surface area contributed by atoms with Crippen LogP contribution in [0.1, 0.15) is 20.3 Å². The minimum atomic E-state index is -4.79. The van der Waals surface area contributed by atoms with E-state index in [2.05, 4.69) is 25.6 Å². The van der Waals surface area contributed by atoms with Gasteiger partial charge in [0.05, 0.1) is 12.4 Å². The van der Waals surface area contributed by atoms with Crippen molar-refractivity contribution >= 4 is 34.2 Å². The smallest absolute Gasteiger partial charge is 0.416 e. The van der Waals surface area contributed by atoms with E-state index in [0.717, 1.165) is 0 Å². The molecule has 4 unspecified atom stereocenters. The Morgan fingerprint density at radius 1 is 1.45 bits per heavy atom. The third-order valence-electron chi connectivity index (χ3n) is 4.67. The third kappa shape index (κ3) is 4.76. The van der Waals surface area contributed by atoms with E-state index in [1.807, 2.05) is 6.92 Å². The van der Waals surface area contributed by atoms with Crippen molar-refractivity contribution in [3.05, 3.63) is 6.33 Å². The number of halogens is 3. The molecule has 0 saturated carbocycles. The van der Waals surface area contributed by atoms with E-state index in [0.29, 0.717) is 30.7 Å². The molecule has 4 atom stereocenters. The van der Waals surface area contributed by atoms with Gasteiger partial charge in [-0.3, -0.25) is 4.21 Å². The molecular weight excluding hydrogens is 415 g/mol. The number of aliphatic hydroxyl groups excluding tert-OH is 1. The quantitative estimate of drug-likeness (QED) is 0.545. The molecule has 0 radical (unpaired) electrons. The highest BCUT2D eigenvalue weighted by Gasteiger charge is 2.42. The van der Waals surface area contributed by atoms with Gasteiger partial charge in [0.15, 0.2) is 23.1 Å². The SMILES string of the molecule is CCn1cnc2c(NC3CCN(S(=O)[O-])C3)nc(NC(C)C(O)C(F)(F)F)nc21. The number of aryl methyl sites for hydroxylation is 1. The van der Waals surface area contributed by atoms with Crippen LogP contribution >= 0.6 is 0 Å². The summed E-state index contributed by atoms with van der Waals surface area (Å²) >= 11 is -2.33. The number of aliphatic hydroxyl groups is 1. The van der Waals surface area contributed by atoms with Crippen LogP contribution in [-0.2, 0) is 17.8 Å². The average Bonchev–Trinajstić information content (AvgIpc) is 3.27. The van der Waals surface area contributed by atoms with Crippen molar-refractivity contribution < 1.29 is 27.0 Å². The van der Waals surface area contributed by atoms with Crippen molar-refractivity contribution in [2.75, 3.05) is 23.7 Å². The molecule has 162 valence electrons. The summed E-state index contributed by atoms with van der Waals surface area (Å²) < 4.78 is 63.5. The molecule has 1 saturated heterocycles. The molecule has 2 aromatic rings. The first-order chi connectivity index (χ1) is 13.6. The third-order valence-corrected chi connectivity index (χ3v) is 5.43. The summed E-state index contributed by atoms with van der Waals surface area (Å²) in [4.78, 5) is 12.7. The standard InChI is InChI=1S/C15H22F3N7O3S/c1-3-24-7-19-10-12(21-9-4-5-25(6-9)29(27)28)22-14(23-13(10)24)20-8(2)11(26)15(16,17)18/h7-9,11,26H,3-6H2,1-2H3,(H,27,28)(H2,20,21,22,23)/p-1. The first-order valence-electron chi connectivity index (χ1n) is 8.95. The molecule has 3 heterocycles. The van der Waals surface area contributed by atoms with Crippen LogP contribution in [0.4, 0.5) is 24.9 Å². The lowest BCUT2D eigenvalue weighted by atomic mass is 10.2. The number of alkyl halides is 3. The molecule has 0 bridgehead atoms. The molecule has 3 rings (SSSR count). The normalized spacial score (nSPS) is 21.3. The van der Waals surface area contributed by atoms with Crippen LogP contribution in [0, 0.1) is 0 Å². The summed E-state index contributed by atoms with van der Waals surface area (Å²) in [6.07, 6.45) is -5.30. The van der Waals surface area contributed by atoms with Crippen LogP contribution in [0.15, 0.2) is 6.33 Å². The minimum absolute atomic E-state index is 0.103. The molecular formula is C15H21F3N7O3S-. The molecule has 0 aliphatic carbocycles. The lowest BCUT2D eigenvalue weighted by Gasteiger charge is -2.23. The fourth-order valence-corrected chi connectivity index (χ4v) is 3.64. The number of aromatic nitrogens is 4. The maximum absolute atomic E-state index is 12.8. The predicted octanol–water partition coefficient (Wildman–Crippen LogP) is 0.850. The Bertz CT molecular complexity index is 894. The zero-order valence-corrected chi connectivity index (χ0v) is 16.5. The number of hydrogen-bond donors (Lipinski definition) is 3. The second-order valence-corrected chi connectivity index (χ2v) is 7.70. The van der Waals surface area contributed by atoms with Gasteiger partial charge >= 0.3 is 6.18 Å². The van der Waals surface area contributed by atoms with E-state index in [1.165, 1.54) is 17.6 Å². The van der Waals surface area contributed by atoms with Crippen molar-refractivity contribution in [2.24, 2.45) is 0 Å². The summed E-state index contributed by atoms with van der Waals surface area (Å²) in [7, 11) is 0. The van der Waals surface area contributed by atoms with Gasteiger partial charge in [0, 0.05) is 36.9 Å². The van der Waals surface area contributed by atoms with E-state index in [9.17, 15) is 27.0 Å². The van der Waals surface area contributed by atoms with Crippen LogP contribution in [0.25, 0.3) is 11.2 Å². The molecule has 3 N–H and O–H groups in total. The Morgan fingerprint density at radius 2 is 2.17 bits per heavy atom. The summed E-state index contributed by atoms with van der Waals surface area (Å²) in [6, 6.07) is -1.62. The Kier molecular flexibility index (Phi) is 6.26. The number of anilines is 2. The van der Waals surface area contributed by atoms with Crippen LogP contribution in [0.2, 0.25) is 0 Å². The Morgan fingerprint density at radius 3 is 2.76 bits per heavy atom. The Hall–Kier alpha value is -2.03. The van der Waals surface area contributed by atoms with Crippen LogP contribution in [0.3, 0.4) is 0 Å². The van der Waals surface area contributed by atoms with Crippen LogP contribution in [0.5, 0.6) is 0 Å². The van der Waals surface area contributed by atoms with Gasteiger partial charge in [0.1, 0.15) is 0 Å². The van der Waals surface area contributed by atoms with Gasteiger partial charge < -0.3 is 24.9 Å². The molecule has 0 amide bonds. The summed E-state index contributed by atoms with van der Waals surface area (Å²) in [5.74, 6) is 0.176. The lowest BCUT2D eigenvalue weighted by molar-refractivity contribution is -0.206. The van der Waals surface area contributed by atoms with E-state index >= 15 is 0 Å². The van der Waals surface area contributed by atoms with Crippen molar-refractivity contribution in [3.8, 4) is 0 Å². The minimum Gasteiger partial charge on any atom is -0.760 e. The molecule has 0 spiro atoms. The second-order valence-electron chi connectivity index (χ2n) is 6.75. The van der Waals surface area contributed by atoms with Gasteiger partial charge in [0.25, 0.3) is 0 Å². The van der Waals surface area contributed by atoms with E-state index in [1.54, 1.807) is 4.57 Å². The summed E-state index contributed by atoms with van der Waals surface area (Å²) in [5, 5.41) is 15.0. The zero-order chi connectivity index (χ0) is 21.3. The average molecular weight is 436 g/mol. The predicted molar refractivity (Wildman–Crippen MR) is 98.7 cm³/mol. The van der Waals surface area contributed by atoms with Gasteiger partial charge in [-0.1, -0.05) is 0 Å². The molecule has 1 fully saturated rings. The van der Waals surface area contributed by atoms with E-state index in [-0.39, 0.29) is 24.4 Å². The Labute approximate surface area is 166 Å². The Balaban J connectivity index is 1.88. The van der Waals surface area contributed by atoms with Gasteiger partial charge in [-0.2, -0.15) is 23.1 Å². The highest BCUT2D eigenvalue weighted by atomic mass is 32.2. The van der Waals surface area contributed by atoms with Crippen molar-refractivity contribution in [2.45, 2.75) is 51.2 Å². The molecule has 1 aliphatic heterocycles. The number of nitrogens with one attached hydrogen (secondary N) is 2. The van der Waals surface area contributed by atoms with Crippen molar-refractivity contribution in [3.63, 3.8) is 0 Å². The molecule has 10 nitrogen and oxygen atoms in total. The molecule has 29 heavy (non-hydrogen) atoms. The van der Waals surface area contributed by atoms with Crippen molar-refractivity contribution in [1.82, 2.24) is 23.8 Å². The number of imidazole rings is 1. The van der Waals surface area contributed by atoms with E-state index < -0.39 is 29.6 Å². The first-order valence-corrected chi connectivity index (χ1v) is 9.98. The highest BCUT2D eigenvalue weighted by molar-refractivity contribution is 7.76. The maximum atomic E-state index is 12.8. The van der Waals surface area contributed by atoms with Gasteiger partial charge in [-0.25, -0.2) is 9.29 Å².